The Hall–Kier alpha value is -1.56. The van der Waals surface area contributed by atoms with Crippen LogP contribution in [0.2, 0.25) is 0 Å². The summed E-state index contributed by atoms with van der Waals surface area (Å²) in [5, 5.41) is 0. The largest absolute Gasteiger partial charge is 0.468 e. The van der Waals surface area contributed by atoms with Crippen LogP contribution in [-0.4, -0.2) is 37.2 Å². The second kappa shape index (κ2) is 5.44. The third-order valence-electron chi connectivity index (χ3n) is 3.72. The molecule has 3 nitrogen and oxygen atoms in total. The van der Waals surface area contributed by atoms with Crippen LogP contribution in [0, 0.1) is 5.41 Å². The summed E-state index contributed by atoms with van der Waals surface area (Å²) in [4.78, 5) is 13.3. The van der Waals surface area contributed by atoms with Gasteiger partial charge in [0, 0.05) is 19.6 Å². The number of carbonyl (C=O) groups excluding carboxylic acids is 1. The molecule has 0 N–H and O–H groups in total. The Kier molecular flexibility index (Phi) is 4.04. The fraction of sp³-hybridized carbons (Fsp3) is 0.500. The third kappa shape index (κ3) is 2.65. The van der Waals surface area contributed by atoms with Gasteiger partial charge in [-0.25, -0.2) is 0 Å². The van der Waals surface area contributed by atoms with Crippen LogP contribution >= 0.6 is 0 Å². The maximum Gasteiger partial charge on any atom is 0.406 e. The van der Waals surface area contributed by atoms with Crippen molar-refractivity contribution in [3.8, 4) is 0 Å². The van der Waals surface area contributed by atoms with Crippen LogP contribution < -0.4 is 0 Å². The topological polar surface area (TPSA) is 29.5 Å². The average molecular weight is 287 g/mol. The summed E-state index contributed by atoms with van der Waals surface area (Å²) in [6, 6.07) is 9.23. The zero-order valence-corrected chi connectivity index (χ0v) is 11.1. The first-order valence-electron chi connectivity index (χ1n) is 6.30. The molecule has 6 heteroatoms. The minimum atomic E-state index is -4.59. The Morgan fingerprint density at radius 2 is 2.00 bits per heavy atom. The number of likely N-dealkylation sites (tertiary alicyclic amines) is 1. The second-order valence-electron chi connectivity index (χ2n) is 5.02. The number of hydrogen-bond acceptors (Lipinski definition) is 3. The quantitative estimate of drug-likeness (QED) is 0.800. The molecule has 1 heterocycles. The maximum absolute atomic E-state index is 13.2. The molecular weight excluding hydrogens is 271 g/mol. The lowest BCUT2D eigenvalue weighted by atomic mass is 9.86. The van der Waals surface area contributed by atoms with Crippen LogP contribution in [0.5, 0.6) is 0 Å². The van der Waals surface area contributed by atoms with Crippen LogP contribution in [0.1, 0.15) is 12.0 Å². The number of benzene rings is 1. The molecule has 1 saturated heterocycles. The van der Waals surface area contributed by atoms with Gasteiger partial charge in [0.2, 0.25) is 0 Å². The smallest absolute Gasteiger partial charge is 0.406 e. The molecule has 0 spiro atoms. The number of ether oxygens (including phenoxy) is 1. The molecular formula is C14H16F3NO2. The van der Waals surface area contributed by atoms with Crippen molar-refractivity contribution in [2.75, 3.05) is 20.2 Å². The van der Waals surface area contributed by atoms with Crippen molar-refractivity contribution in [1.29, 1.82) is 0 Å². The van der Waals surface area contributed by atoms with Crippen LogP contribution in [0.15, 0.2) is 30.3 Å². The summed E-state index contributed by atoms with van der Waals surface area (Å²) < 4.78 is 44.1. The minimum Gasteiger partial charge on any atom is -0.468 e. The molecule has 1 aromatic rings. The minimum absolute atomic E-state index is 0.226. The van der Waals surface area contributed by atoms with Crippen molar-refractivity contribution in [2.45, 2.75) is 19.1 Å². The molecule has 1 aromatic carbocycles. The summed E-state index contributed by atoms with van der Waals surface area (Å²) in [7, 11) is 0.996. The molecule has 110 valence electrons. The molecule has 0 aliphatic carbocycles. The Labute approximate surface area is 115 Å². The van der Waals surface area contributed by atoms with Crippen molar-refractivity contribution in [3.05, 3.63) is 35.9 Å². The van der Waals surface area contributed by atoms with Crippen molar-refractivity contribution in [2.24, 2.45) is 5.41 Å². The van der Waals surface area contributed by atoms with Gasteiger partial charge in [0.25, 0.3) is 0 Å². The number of esters is 1. The van der Waals surface area contributed by atoms with Gasteiger partial charge in [-0.1, -0.05) is 30.3 Å². The first-order chi connectivity index (χ1) is 9.39. The van der Waals surface area contributed by atoms with E-state index in [2.05, 4.69) is 4.74 Å². The van der Waals surface area contributed by atoms with Crippen LogP contribution in [0.25, 0.3) is 0 Å². The standard InChI is InChI=1S/C14H16F3NO2/c1-20-12(19)13(14(15,16)17)7-8-18(10-13)9-11-5-3-2-4-6-11/h2-6H,7-10H2,1H3. The first-order valence-corrected chi connectivity index (χ1v) is 6.30. The van der Waals surface area contributed by atoms with Crippen LogP contribution in [0.3, 0.4) is 0 Å². The molecule has 0 amide bonds. The lowest BCUT2D eigenvalue weighted by molar-refractivity contribution is -0.229. The van der Waals surface area contributed by atoms with Gasteiger partial charge < -0.3 is 4.74 Å². The fourth-order valence-corrected chi connectivity index (χ4v) is 2.57. The van der Waals surface area contributed by atoms with Crippen molar-refractivity contribution in [3.63, 3.8) is 0 Å². The number of hydrogen-bond donors (Lipinski definition) is 0. The molecule has 0 aromatic heterocycles. The summed E-state index contributed by atoms with van der Waals surface area (Å²) in [6.07, 6.45) is -4.85. The molecule has 2 rings (SSSR count). The molecule has 1 atom stereocenters. The number of carbonyl (C=O) groups is 1. The van der Waals surface area contributed by atoms with Gasteiger partial charge in [0.05, 0.1) is 7.11 Å². The van der Waals surface area contributed by atoms with E-state index in [1.54, 1.807) is 4.90 Å². The van der Waals surface area contributed by atoms with E-state index in [0.29, 0.717) is 6.54 Å². The summed E-state index contributed by atoms with van der Waals surface area (Å²) in [5.74, 6) is -1.19. The van der Waals surface area contributed by atoms with Gasteiger partial charge in [-0.15, -0.1) is 0 Å². The maximum atomic E-state index is 13.2. The van der Waals surface area contributed by atoms with Crippen molar-refractivity contribution < 1.29 is 22.7 Å². The zero-order valence-electron chi connectivity index (χ0n) is 11.1. The summed E-state index contributed by atoms with van der Waals surface area (Å²) in [6.45, 7) is 0.275. The number of methoxy groups -OCH3 is 1. The molecule has 0 bridgehead atoms. The SMILES string of the molecule is COC(=O)C1(C(F)(F)F)CCN(Cc2ccccc2)C1. The molecule has 0 saturated carbocycles. The monoisotopic (exact) mass is 287 g/mol. The van der Waals surface area contributed by atoms with Gasteiger partial charge in [-0.3, -0.25) is 9.69 Å². The first kappa shape index (κ1) is 14.8. The number of alkyl halides is 3. The fourth-order valence-electron chi connectivity index (χ4n) is 2.57. The molecule has 20 heavy (non-hydrogen) atoms. The highest BCUT2D eigenvalue weighted by molar-refractivity contribution is 5.78. The van der Waals surface area contributed by atoms with E-state index in [9.17, 15) is 18.0 Å². The zero-order chi connectivity index (χ0) is 14.8. The van der Waals surface area contributed by atoms with Gasteiger partial charge in [-0.05, 0) is 12.0 Å². The predicted octanol–water partition coefficient (Wildman–Crippen LogP) is 2.61. The van der Waals surface area contributed by atoms with E-state index in [-0.39, 0.29) is 19.5 Å². The predicted molar refractivity (Wildman–Crippen MR) is 66.8 cm³/mol. The average Bonchev–Trinajstić information content (AvgIpc) is 2.84. The molecule has 1 aliphatic rings. The number of rotatable bonds is 3. The summed E-state index contributed by atoms with van der Waals surface area (Å²) >= 11 is 0. The molecule has 1 aliphatic heterocycles. The molecule has 0 radical (unpaired) electrons. The van der Waals surface area contributed by atoms with E-state index in [0.717, 1.165) is 12.7 Å². The lowest BCUT2D eigenvalue weighted by Gasteiger charge is -2.28. The highest BCUT2D eigenvalue weighted by Crippen LogP contribution is 2.46. The Morgan fingerprint density at radius 1 is 1.35 bits per heavy atom. The summed E-state index contributed by atoms with van der Waals surface area (Å²) in [5.41, 5.74) is -1.47. The normalized spacial score (nSPS) is 23.8. The van der Waals surface area contributed by atoms with Crippen molar-refractivity contribution >= 4 is 5.97 Å². The van der Waals surface area contributed by atoms with Gasteiger partial charge in [0.1, 0.15) is 0 Å². The Balaban J connectivity index is 2.14. The Morgan fingerprint density at radius 3 is 2.55 bits per heavy atom. The van der Waals surface area contributed by atoms with Crippen LogP contribution in [0.4, 0.5) is 13.2 Å². The van der Waals surface area contributed by atoms with Crippen LogP contribution in [-0.2, 0) is 16.1 Å². The molecule has 1 fully saturated rings. The van der Waals surface area contributed by atoms with Crippen molar-refractivity contribution in [1.82, 2.24) is 4.90 Å². The Bertz CT molecular complexity index is 475. The number of halogens is 3. The highest BCUT2D eigenvalue weighted by atomic mass is 19.4. The molecule has 1 unspecified atom stereocenters. The van der Waals surface area contributed by atoms with E-state index in [1.165, 1.54) is 0 Å². The highest BCUT2D eigenvalue weighted by Gasteiger charge is 2.63. The number of nitrogens with zero attached hydrogens (tertiary/aromatic N) is 1. The van der Waals surface area contributed by atoms with Gasteiger partial charge >= 0.3 is 12.1 Å². The van der Waals surface area contributed by atoms with E-state index >= 15 is 0 Å². The second-order valence-corrected chi connectivity index (χ2v) is 5.02. The van der Waals surface area contributed by atoms with Gasteiger partial charge in [0.15, 0.2) is 5.41 Å². The van der Waals surface area contributed by atoms with E-state index in [4.69, 9.17) is 0 Å². The third-order valence-corrected chi connectivity index (χ3v) is 3.72. The van der Waals surface area contributed by atoms with Gasteiger partial charge in [-0.2, -0.15) is 13.2 Å². The van der Waals surface area contributed by atoms with E-state index < -0.39 is 17.6 Å². The lowest BCUT2D eigenvalue weighted by Crippen LogP contribution is -2.47. The van der Waals surface area contributed by atoms with E-state index in [1.807, 2.05) is 30.3 Å².